The van der Waals surface area contributed by atoms with Crippen LogP contribution < -0.4 is 16.4 Å². The summed E-state index contributed by atoms with van der Waals surface area (Å²) in [6.45, 7) is 5.19. The third kappa shape index (κ3) is 5.22. The van der Waals surface area contributed by atoms with Crippen LogP contribution >= 0.6 is 22.9 Å². The van der Waals surface area contributed by atoms with Crippen molar-refractivity contribution in [3.63, 3.8) is 0 Å². The van der Waals surface area contributed by atoms with Crippen molar-refractivity contribution in [1.82, 2.24) is 30.1 Å². The number of carbonyl (C=O) groups is 4. The van der Waals surface area contributed by atoms with Gasteiger partial charge in [-0.2, -0.15) is 0 Å². The van der Waals surface area contributed by atoms with E-state index in [1.165, 1.54) is 23.2 Å². The van der Waals surface area contributed by atoms with E-state index in [1.54, 1.807) is 19.2 Å². The standard InChI is InChI=1S/C18H23N7O4S2/c1-8-14(31-24-23-8)17(28)22-11-4-5-25(18(29)12-7-30-10(3)21-12)13(6-11)16(27)20-9(2)15(19)26/h7,9,11,13H,4-6H2,1-3H3,(H2,19,26)(H,20,27)(H,22,28)/t9-,11+,13+/m1/s1. The molecule has 3 heterocycles. The van der Waals surface area contributed by atoms with Crippen LogP contribution in [0.1, 0.15) is 50.6 Å². The third-order valence-electron chi connectivity index (χ3n) is 4.98. The van der Waals surface area contributed by atoms with Crippen molar-refractivity contribution >= 4 is 46.5 Å². The molecule has 3 rings (SSSR count). The lowest BCUT2D eigenvalue weighted by Gasteiger charge is -2.38. The third-order valence-corrected chi connectivity index (χ3v) is 6.58. The van der Waals surface area contributed by atoms with Gasteiger partial charge in [0.15, 0.2) is 0 Å². The number of nitrogens with one attached hydrogen (secondary N) is 2. The predicted molar refractivity (Wildman–Crippen MR) is 114 cm³/mol. The first-order valence-corrected chi connectivity index (χ1v) is 11.2. The maximum Gasteiger partial charge on any atom is 0.274 e. The first-order chi connectivity index (χ1) is 14.7. The second-order valence-electron chi connectivity index (χ2n) is 7.28. The summed E-state index contributed by atoms with van der Waals surface area (Å²) in [5.41, 5.74) is 6.04. The van der Waals surface area contributed by atoms with E-state index >= 15 is 0 Å². The molecule has 1 fully saturated rings. The van der Waals surface area contributed by atoms with Crippen molar-refractivity contribution in [2.75, 3.05) is 6.54 Å². The van der Waals surface area contributed by atoms with Crippen molar-refractivity contribution in [3.05, 3.63) is 26.7 Å². The van der Waals surface area contributed by atoms with Gasteiger partial charge < -0.3 is 21.3 Å². The minimum absolute atomic E-state index is 0.184. The first-order valence-electron chi connectivity index (χ1n) is 9.60. The van der Waals surface area contributed by atoms with Gasteiger partial charge in [-0.25, -0.2) is 4.98 Å². The maximum absolute atomic E-state index is 13.0. The molecule has 31 heavy (non-hydrogen) atoms. The molecule has 0 aromatic carbocycles. The van der Waals surface area contributed by atoms with Gasteiger partial charge in [0, 0.05) is 18.0 Å². The molecule has 2 aromatic rings. The molecule has 1 aliphatic heterocycles. The summed E-state index contributed by atoms with van der Waals surface area (Å²) in [6, 6.07) is -2.14. The van der Waals surface area contributed by atoms with Crippen LogP contribution in [-0.4, -0.2) is 67.8 Å². The monoisotopic (exact) mass is 465 g/mol. The minimum Gasteiger partial charge on any atom is -0.368 e. The summed E-state index contributed by atoms with van der Waals surface area (Å²) < 4.78 is 3.76. The number of nitrogens with zero attached hydrogens (tertiary/aromatic N) is 4. The topological polar surface area (TPSA) is 160 Å². The molecule has 0 unspecified atom stereocenters. The number of likely N-dealkylation sites (tertiary alicyclic amines) is 1. The molecule has 3 atom stereocenters. The summed E-state index contributed by atoms with van der Waals surface area (Å²) in [7, 11) is 0. The molecule has 1 aliphatic rings. The van der Waals surface area contributed by atoms with E-state index in [4.69, 9.17) is 5.73 Å². The molecule has 4 N–H and O–H groups in total. The number of carbonyl (C=O) groups excluding carboxylic acids is 4. The lowest BCUT2D eigenvalue weighted by Crippen LogP contribution is -2.59. The summed E-state index contributed by atoms with van der Waals surface area (Å²) >= 11 is 2.34. The van der Waals surface area contributed by atoms with E-state index in [-0.39, 0.29) is 36.5 Å². The van der Waals surface area contributed by atoms with E-state index < -0.39 is 23.9 Å². The van der Waals surface area contributed by atoms with Gasteiger partial charge in [-0.3, -0.25) is 19.2 Å². The van der Waals surface area contributed by atoms with Crippen molar-refractivity contribution in [3.8, 4) is 0 Å². The van der Waals surface area contributed by atoms with Gasteiger partial charge in [0.05, 0.1) is 10.7 Å². The average Bonchev–Trinajstić information content (AvgIpc) is 3.35. The lowest BCUT2D eigenvalue weighted by atomic mass is 9.95. The summed E-state index contributed by atoms with van der Waals surface area (Å²) in [6.07, 6.45) is 0.643. The fraction of sp³-hybridized carbons (Fsp3) is 0.500. The van der Waals surface area contributed by atoms with Gasteiger partial charge >= 0.3 is 0 Å². The first kappa shape index (κ1) is 22.7. The quantitative estimate of drug-likeness (QED) is 0.541. The lowest BCUT2D eigenvalue weighted by molar-refractivity contribution is -0.131. The van der Waals surface area contributed by atoms with Crippen molar-refractivity contribution in [1.29, 1.82) is 0 Å². The highest BCUT2D eigenvalue weighted by molar-refractivity contribution is 7.09. The molecular formula is C18H23N7O4S2. The van der Waals surface area contributed by atoms with Gasteiger partial charge in [-0.15, -0.1) is 16.4 Å². The largest absolute Gasteiger partial charge is 0.368 e. The fourth-order valence-electron chi connectivity index (χ4n) is 3.27. The Labute approximate surface area is 186 Å². The van der Waals surface area contributed by atoms with Crippen LogP contribution in [0.3, 0.4) is 0 Å². The molecule has 0 saturated carbocycles. The van der Waals surface area contributed by atoms with Gasteiger partial charge in [-0.05, 0) is 45.1 Å². The average molecular weight is 466 g/mol. The number of hydrogen-bond donors (Lipinski definition) is 3. The van der Waals surface area contributed by atoms with E-state index in [0.29, 0.717) is 17.0 Å². The van der Waals surface area contributed by atoms with Crippen LogP contribution in [0.5, 0.6) is 0 Å². The number of primary amides is 1. The molecule has 2 aromatic heterocycles. The smallest absolute Gasteiger partial charge is 0.274 e. The highest BCUT2D eigenvalue weighted by atomic mass is 32.1. The normalized spacial score (nSPS) is 19.5. The molecule has 1 saturated heterocycles. The predicted octanol–water partition coefficient (Wildman–Crippen LogP) is 0.00464. The second-order valence-corrected chi connectivity index (χ2v) is 9.10. The molecule has 0 bridgehead atoms. The van der Waals surface area contributed by atoms with Crippen LogP contribution in [0.15, 0.2) is 5.38 Å². The molecule has 4 amide bonds. The number of thiazole rings is 1. The Hall–Kier alpha value is -2.93. The van der Waals surface area contributed by atoms with Crippen LogP contribution in [-0.2, 0) is 9.59 Å². The molecule has 0 radical (unpaired) electrons. The van der Waals surface area contributed by atoms with Crippen molar-refractivity contribution in [2.24, 2.45) is 5.73 Å². The number of amides is 4. The Morgan fingerprint density at radius 3 is 2.61 bits per heavy atom. The molecule has 166 valence electrons. The Morgan fingerprint density at radius 1 is 1.29 bits per heavy atom. The van der Waals surface area contributed by atoms with Gasteiger partial charge in [0.25, 0.3) is 11.8 Å². The van der Waals surface area contributed by atoms with E-state index in [1.807, 2.05) is 0 Å². The van der Waals surface area contributed by atoms with Crippen LogP contribution in [0, 0.1) is 13.8 Å². The summed E-state index contributed by atoms with van der Waals surface area (Å²) in [4.78, 5) is 55.9. The zero-order valence-corrected chi connectivity index (χ0v) is 18.9. The Kier molecular flexibility index (Phi) is 6.95. The minimum atomic E-state index is -0.896. The van der Waals surface area contributed by atoms with Gasteiger partial charge in [-0.1, -0.05) is 4.49 Å². The van der Waals surface area contributed by atoms with E-state index in [9.17, 15) is 19.2 Å². The molecule has 0 spiro atoms. The Morgan fingerprint density at radius 2 is 2.03 bits per heavy atom. The highest BCUT2D eigenvalue weighted by Crippen LogP contribution is 2.22. The molecule has 13 heteroatoms. The second kappa shape index (κ2) is 9.47. The summed E-state index contributed by atoms with van der Waals surface area (Å²) in [5.74, 6) is -1.89. The number of nitrogens with two attached hydrogens (primary N) is 1. The van der Waals surface area contributed by atoms with Crippen molar-refractivity contribution < 1.29 is 19.2 Å². The number of aryl methyl sites for hydroxylation is 2. The highest BCUT2D eigenvalue weighted by Gasteiger charge is 2.38. The van der Waals surface area contributed by atoms with E-state index in [0.717, 1.165) is 16.5 Å². The number of piperidine rings is 1. The number of aromatic nitrogens is 3. The van der Waals surface area contributed by atoms with Gasteiger partial charge in [0.2, 0.25) is 11.8 Å². The number of rotatable bonds is 6. The molecule has 0 aliphatic carbocycles. The maximum atomic E-state index is 13.0. The van der Waals surface area contributed by atoms with E-state index in [2.05, 4.69) is 25.2 Å². The molecule has 11 nitrogen and oxygen atoms in total. The van der Waals surface area contributed by atoms with Crippen LogP contribution in [0.4, 0.5) is 0 Å². The van der Waals surface area contributed by atoms with Gasteiger partial charge in [0.1, 0.15) is 22.7 Å². The zero-order chi connectivity index (χ0) is 22.7. The van der Waals surface area contributed by atoms with Crippen molar-refractivity contribution in [2.45, 2.75) is 51.7 Å². The fourth-order valence-corrected chi connectivity index (χ4v) is 4.41. The Bertz CT molecular complexity index is 1000. The Balaban J connectivity index is 1.78. The number of hydrogen-bond acceptors (Lipinski definition) is 9. The zero-order valence-electron chi connectivity index (χ0n) is 17.2. The summed E-state index contributed by atoms with van der Waals surface area (Å²) in [5, 5.41) is 11.7. The van der Waals surface area contributed by atoms with Crippen LogP contribution in [0.25, 0.3) is 0 Å². The SMILES string of the molecule is Cc1nc(C(=O)N2CC[C@H](NC(=O)c3snnc3C)C[C@H]2C(=O)N[C@H](C)C(N)=O)cs1. The molecular weight excluding hydrogens is 442 g/mol. The van der Waals surface area contributed by atoms with Crippen LogP contribution in [0.2, 0.25) is 0 Å².